The lowest BCUT2D eigenvalue weighted by molar-refractivity contribution is -0.116. The number of hydrogen-bond donors (Lipinski definition) is 1. The van der Waals surface area contributed by atoms with Gasteiger partial charge in [0, 0.05) is 24.1 Å². The molecule has 0 aliphatic rings. The molecule has 27 heavy (non-hydrogen) atoms. The van der Waals surface area contributed by atoms with Gasteiger partial charge < -0.3 is 9.84 Å². The number of nitrogens with one attached hydrogen (secondary N) is 1. The first-order valence-electron chi connectivity index (χ1n) is 9.41. The Labute approximate surface area is 159 Å². The summed E-state index contributed by atoms with van der Waals surface area (Å²) in [6.07, 6.45) is 2.48. The molecule has 0 saturated heterocycles. The molecule has 0 atom stereocenters. The minimum absolute atomic E-state index is 0.0408. The van der Waals surface area contributed by atoms with E-state index in [0.717, 1.165) is 40.8 Å². The Morgan fingerprint density at radius 2 is 1.78 bits per heavy atom. The third-order valence-electron chi connectivity index (χ3n) is 4.57. The smallest absolute Gasteiger partial charge is 0.227 e. The van der Waals surface area contributed by atoms with Crippen LogP contribution >= 0.6 is 0 Å². The quantitative estimate of drug-likeness (QED) is 0.658. The average molecular weight is 363 g/mol. The molecule has 5 nitrogen and oxygen atoms in total. The fourth-order valence-electron chi connectivity index (χ4n) is 3.08. The highest BCUT2D eigenvalue weighted by molar-refractivity contribution is 5.92. The Bertz CT molecular complexity index is 909. The predicted molar refractivity (Wildman–Crippen MR) is 107 cm³/mol. The molecule has 0 aliphatic carbocycles. The molecule has 0 radical (unpaired) electrons. The van der Waals surface area contributed by atoms with Crippen LogP contribution in [0.1, 0.15) is 42.8 Å². The van der Waals surface area contributed by atoms with Crippen LogP contribution in [0.25, 0.3) is 11.4 Å². The van der Waals surface area contributed by atoms with Crippen molar-refractivity contribution in [1.82, 2.24) is 10.1 Å². The Morgan fingerprint density at radius 3 is 2.44 bits per heavy atom. The van der Waals surface area contributed by atoms with Crippen LogP contribution < -0.4 is 5.32 Å². The zero-order chi connectivity index (χ0) is 19.2. The van der Waals surface area contributed by atoms with Crippen molar-refractivity contribution in [1.29, 1.82) is 0 Å². The highest BCUT2D eigenvalue weighted by atomic mass is 16.5. The van der Waals surface area contributed by atoms with Crippen LogP contribution in [-0.2, 0) is 24.1 Å². The van der Waals surface area contributed by atoms with Gasteiger partial charge in [0.1, 0.15) is 0 Å². The molecular formula is C22H25N3O2. The topological polar surface area (TPSA) is 68.0 Å². The van der Waals surface area contributed by atoms with Gasteiger partial charge in [-0.1, -0.05) is 61.0 Å². The van der Waals surface area contributed by atoms with Crippen LogP contribution in [0.5, 0.6) is 0 Å². The lowest BCUT2D eigenvalue weighted by Crippen LogP contribution is -2.15. The lowest BCUT2D eigenvalue weighted by atomic mass is 10.0. The first kappa shape index (κ1) is 18.8. The highest BCUT2D eigenvalue weighted by Gasteiger charge is 2.13. The summed E-state index contributed by atoms with van der Waals surface area (Å²) < 4.78 is 5.31. The number of carbonyl (C=O) groups excluding carboxylic acids is 1. The number of amides is 1. The van der Waals surface area contributed by atoms with Gasteiger partial charge >= 0.3 is 0 Å². The Hall–Kier alpha value is -2.95. The van der Waals surface area contributed by atoms with E-state index in [-0.39, 0.29) is 5.91 Å². The maximum atomic E-state index is 12.4. The number of carbonyl (C=O) groups is 1. The van der Waals surface area contributed by atoms with Crippen molar-refractivity contribution in [3.05, 3.63) is 65.0 Å². The zero-order valence-electron chi connectivity index (χ0n) is 16.1. The van der Waals surface area contributed by atoms with Crippen LogP contribution in [0.15, 0.2) is 47.0 Å². The monoisotopic (exact) mass is 363 g/mol. The normalized spacial score (nSPS) is 10.8. The molecular weight excluding hydrogens is 338 g/mol. The largest absolute Gasteiger partial charge is 0.339 e. The first-order chi connectivity index (χ1) is 13.1. The van der Waals surface area contributed by atoms with Gasteiger partial charge in [0.15, 0.2) is 0 Å². The molecule has 1 N–H and O–H groups in total. The van der Waals surface area contributed by atoms with E-state index in [1.807, 2.05) is 37.3 Å². The van der Waals surface area contributed by atoms with E-state index in [0.29, 0.717) is 24.6 Å². The number of aryl methyl sites for hydroxylation is 4. The summed E-state index contributed by atoms with van der Waals surface area (Å²) in [5.74, 6) is 0.987. The van der Waals surface area contributed by atoms with Crippen LogP contribution in [0.4, 0.5) is 5.69 Å². The molecule has 0 spiro atoms. The van der Waals surface area contributed by atoms with Gasteiger partial charge in [0.2, 0.25) is 17.6 Å². The van der Waals surface area contributed by atoms with E-state index < -0.39 is 0 Å². The minimum Gasteiger partial charge on any atom is -0.339 e. The number of rotatable bonds is 7. The summed E-state index contributed by atoms with van der Waals surface area (Å²) in [5, 5.41) is 7.09. The molecule has 2 aromatic carbocycles. The van der Waals surface area contributed by atoms with Crippen molar-refractivity contribution in [3.8, 4) is 11.4 Å². The fraction of sp³-hybridized carbons (Fsp3) is 0.318. The van der Waals surface area contributed by atoms with E-state index in [2.05, 4.69) is 41.4 Å². The number of aromatic nitrogens is 2. The van der Waals surface area contributed by atoms with Crippen molar-refractivity contribution in [2.45, 2.75) is 46.5 Å². The summed E-state index contributed by atoms with van der Waals surface area (Å²) in [4.78, 5) is 16.9. The van der Waals surface area contributed by atoms with Gasteiger partial charge in [-0.05, 0) is 37.0 Å². The Balaban J connectivity index is 1.64. The molecule has 1 amide bonds. The minimum atomic E-state index is -0.0408. The molecule has 0 unspecified atom stereocenters. The fourth-order valence-corrected chi connectivity index (χ4v) is 3.08. The van der Waals surface area contributed by atoms with Gasteiger partial charge in [-0.25, -0.2) is 0 Å². The summed E-state index contributed by atoms with van der Waals surface area (Å²) in [7, 11) is 0. The molecule has 0 saturated carbocycles. The van der Waals surface area contributed by atoms with E-state index in [4.69, 9.17) is 4.52 Å². The highest BCUT2D eigenvalue weighted by Crippen LogP contribution is 2.23. The first-order valence-corrected chi connectivity index (χ1v) is 9.41. The third-order valence-corrected chi connectivity index (χ3v) is 4.57. The van der Waals surface area contributed by atoms with Crippen LogP contribution in [0.3, 0.4) is 0 Å². The second-order valence-corrected chi connectivity index (χ2v) is 6.59. The maximum Gasteiger partial charge on any atom is 0.227 e. The second kappa shape index (κ2) is 8.62. The summed E-state index contributed by atoms with van der Waals surface area (Å²) in [6.45, 7) is 6.21. The molecule has 1 heterocycles. The SMILES string of the molecule is CCc1cccc(CC)c1NC(=O)CCc1nc(-c2cccc(C)c2)no1. The molecule has 0 fully saturated rings. The van der Waals surface area contributed by atoms with Gasteiger partial charge in [-0.3, -0.25) is 4.79 Å². The van der Waals surface area contributed by atoms with Crippen LogP contribution in [-0.4, -0.2) is 16.0 Å². The lowest BCUT2D eigenvalue weighted by Gasteiger charge is -2.14. The second-order valence-electron chi connectivity index (χ2n) is 6.59. The van der Waals surface area contributed by atoms with Crippen LogP contribution in [0.2, 0.25) is 0 Å². The van der Waals surface area contributed by atoms with Crippen LogP contribution in [0, 0.1) is 6.92 Å². The molecule has 3 aromatic rings. The third kappa shape index (κ3) is 4.61. The Morgan fingerprint density at radius 1 is 1.07 bits per heavy atom. The molecule has 140 valence electrons. The standard InChI is InChI=1S/C22H25N3O2/c1-4-16-9-7-10-17(5-2)21(16)23-19(26)12-13-20-24-22(25-27-20)18-11-6-8-15(3)14-18/h6-11,14H,4-5,12-13H2,1-3H3,(H,23,26). The van der Waals surface area contributed by atoms with Gasteiger partial charge in [-0.15, -0.1) is 0 Å². The van der Waals surface area contributed by atoms with E-state index >= 15 is 0 Å². The zero-order valence-corrected chi connectivity index (χ0v) is 16.1. The molecule has 5 heteroatoms. The Kier molecular flexibility index (Phi) is 6.01. The van der Waals surface area contributed by atoms with Gasteiger partial charge in [0.05, 0.1) is 0 Å². The molecule has 0 bridgehead atoms. The number of hydrogen-bond acceptors (Lipinski definition) is 4. The maximum absolute atomic E-state index is 12.4. The van der Waals surface area contributed by atoms with Gasteiger partial charge in [0.25, 0.3) is 0 Å². The molecule has 3 rings (SSSR count). The summed E-state index contributed by atoms with van der Waals surface area (Å²) >= 11 is 0. The number of para-hydroxylation sites is 1. The number of benzene rings is 2. The van der Waals surface area contributed by atoms with Crippen molar-refractivity contribution in [2.24, 2.45) is 0 Å². The summed E-state index contributed by atoms with van der Waals surface area (Å²) in [5.41, 5.74) is 5.31. The van der Waals surface area contributed by atoms with E-state index in [9.17, 15) is 4.79 Å². The van der Waals surface area contributed by atoms with Crippen molar-refractivity contribution >= 4 is 11.6 Å². The molecule has 0 aliphatic heterocycles. The average Bonchev–Trinajstić information content (AvgIpc) is 3.15. The van der Waals surface area contributed by atoms with E-state index in [1.54, 1.807) is 0 Å². The van der Waals surface area contributed by atoms with Gasteiger partial charge in [-0.2, -0.15) is 4.98 Å². The number of anilines is 1. The summed E-state index contributed by atoms with van der Waals surface area (Å²) in [6, 6.07) is 14.1. The molecule has 1 aromatic heterocycles. The van der Waals surface area contributed by atoms with E-state index in [1.165, 1.54) is 0 Å². The van der Waals surface area contributed by atoms with Crippen molar-refractivity contribution < 1.29 is 9.32 Å². The number of nitrogens with zero attached hydrogens (tertiary/aromatic N) is 2. The van der Waals surface area contributed by atoms with Crippen molar-refractivity contribution in [2.75, 3.05) is 5.32 Å². The predicted octanol–water partition coefficient (Wildman–Crippen LogP) is 4.74. The van der Waals surface area contributed by atoms with Crippen molar-refractivity contribution in [3.63, 3.8) is 0 Å².